The Morgan fingerprint density at radius 1 is 1.06 bits per heavy atom. The molecule has 0 bridgehead atoms. The van der Waals surface area contributed by atoms with Gasteiger partial charge in [-0.15, -0.1) is 11.3 Å². The Labute approximate surface area is 185 Å². The highest BCUT2D eigenvalue weighted by Crippen LogP contribution is 2.42. The highest BCUT2D eigenvalue weighted by atomic mass is 32.2. The standard InChI is InChI=1S/C22H23N3O4S2/c1-16-7-6-8-18(15-16)20-17(2)23-21(30-20)22(25(26)27)11-13-24(14-12-22)31(28,29)19-9-4-3-5-10-19/h3-10,15H,11-14H2,1-2H3. The normalized spacial score (nSPS) is 16.8. The zero-order valence-corrected chi connectivity index (χ0v) is 18.9. The van der Waals surface area contributed by atoms with E-state index < -0.39 is 15.6 Å². The number of nitrogens with zero attached hydrogens (tertiary/aromatic N) is 3. The molecule has 0 unspecified atom stereocenters. The zero-order chi connectivity index (χ0) is 22.2. The zero-order valence-electron chi connectivity index (χ0n) is 17.3. The predicted octanol–water partition coefficient (Wildman–Crippen LogP) is 4.38. The van der Waals surface area contributed by atoms with E-state index in [2.05, 4.69) is 4.98 Å². The second-order valence-electron chi connectivity index (χ2n) is 7.81. The largest absolute Gasteiger partial charge is 0.275 e. The molecule has 0 spiro atoms. The monoisotopic (exact) mass is 457 g/mol. The molecule has 9 heteroatoms. The summed E-state index contributed by atoms with van der Waals surface area (Å²) in [4.78, 5) is 17.6. The number of benzene rings is 2. The second kappa shape index (κ2) is 8.14. The first-order valence-corrected chi connectivity index (χ1v) is 12.2. The Bertz CT molecular complexity index is 1210. The van der Waals surface area contributed by atoms with Crippen LogP contribution in [0, 0.1) is 24.0 Å². The number of sulfonamides is 1. The summed E-state index contributed by atoms with van der Waals surface area (Å²) in [7, 11) is -3.68. The lowest BCUT2D eigenvalue weighted by Crippen LogP contribution is -2.48. The average Bonchev–Trinajstić information content (AvgIpc) is 3.16. The van der Waals surface area contributed by atoms with Crippen LogP contribution in [0.1, 0.15) is 29.1 Å². The van der Waals surface area contributed by atoms with Crippen LogP contribution < -0.4 is 0 Å². The third kappa shape index (κ3) is 3.88. The molecule has 0 radical (unpaired) electrons. The molecule has 2 heterocycles. The van der Waals surface area contributed by atoms with Crippen molar-refractivity contribution in [2.24, 2.45) is 0 Å². The van der Waals surface area contributed by atoms with E-state index in [4.69, 9.17) is 0 Å². The second-order valence-corrected chi connectivity index (χ2v) is 10.7. The molecular weight excluding hydrogens is 434 g/mol. The molecule has 1 aliphatic heterocycles. The summed E-state index contributed by atoms with van der Waals surface area (Å²) in [5.41, 5.74) is 1.48. The van der Waals surface area contributed by atoms with Gasteiger partial charge in [0.25, 0.3) is 5.54 Å². The molecule has 31 heavy (non-hydrogen) atoms. The summed E-state index contributed by atoms with van der Waals surface area (Å²) in [6.45, 7) is 4.02. The number of nitro groups is 1. The molecule has 7 nitrogen and oxygen atoms in total. The van der Waals surface area contributed by atoms with Gasteiger partial charge >= 0.3 is 0 Å². The van der Waals surface area contributed by atoms with Crippen molar-refractivity contribution in [3.05, 3.63) is 81.0 Å². The minimum Gasteiger partial charge on any atom is -0.264 e. The van der Waals surface area contributed by atoms with Crippen LogP contribution in [0.5, 0.6) is 0 Å². The van der Waals surface area contributed by atoms with E-state index in [0.29, 0.717) is 5.01 Å². The molecule has 0 N–H and O–H groups in total. The van der Waals surface area contributed by atoms with Crippen LogP contribution in [0.2, 0.25) is 0 Å². The number of thiazole rings is 1. The lowest BCUT2D eigenvalue weighted by atomic mass is 9.90. The van der Waals surface area contributed by atoms with Crippen molar-refractivity contribution in [3.63, 3.8) is 0 Å². The van der Waals surface area contributed by atoms with Crippen molar-refractivity contribution in [1.29, 1.82) is 0 Å². The van der Waals surface area contributed by atoms with Gasteiger partial charge < -0.3 is 0 Å². The van der Waals surface area contributed by atoms with E-state index >= 15 is 0 Å². The van der Waals surface area contributed by atoms with E-state index in [1.807, 2.05) is 38.1 Å². The van der Waals surface area contributed by atoms with Crippen LogP contribution in [-0.4, -0.2) is 35.7 Å². The number of hydrogen-bond donors (Lipinski definition) is 0. The molecule has 1 aliphatic rings. The first-order chi connectivity index (χ1) is 14.7. The van der Waals surface area contributed by atoms with Crippen LogP contribution in [0.4, 0.5) is 0 Å². The van der Waals surface area contributed by atoms with E-state index in [1.54, 1.807) is 30.3 Å². The van der Waals surface area contributed by atoms with E-state index in [1.165, 1.54) is 15.6 Å². The van der Waals surface area contributed by atoms with Crippen molar-refractivity contribution in [2.45, 2.75) is 37.1 Å². The van der Waals surface area contributed by atoms with Gasteiger partial charge in [-0.1, -0.05) is 48.0 Å². The fraction of sp³-hybridized carbons (Fsp3) is 0.318. The highest BCUT2D eigenvalue weighted by Gasteiger charge is 2.52. The molecule has 1 fully saturated rings. The lowest BCUT2D eigenvalue weighted by Gasteiger charge is -2.33. The third-order valence-electron chi connectivity index (χ3n) is 5.75. The summed E-state index contributed by atoms with van der Waals surface area (Å²) >= 11 is 1.34. The van der Waals surface area contributed by atoms with Crippen molar-refractivity contribution in [1.82, 2.24) is 9.29 Å². The van der Waals surface area contributed by atoms with Gasteiger partial charge in [0.15, 0.2) is 5.01 Å². The molecule has 0 amide bonds. The minimum atomic E-state index is -3.68. The summed E-state index contributed by atoms with van der Waals surface area (Å²) in [5, 5.41) is 12.7. The number of piperidine rings is 1. The van der Waals surface area contributed by atoms with Crippen molar-refractivity contribution < 1.29 is 13.3 Å². The van der Waals surface area contributed by atoms with Gasteiger partial charge in [-0.2, -0.15) is 4.31 Å². The Balaban J connectivity index is 1.64. The van der Waals surface area contributed by atoms with Gasteiger partial charge in [0.2, 0.25) is 10.0 Å². The smallest absolute Gasteiger partial charge is 0.264 e. The molecular formula is C22H23N3O4S2. The molecule has 2 aromatic carbocycles. The summed E-state index contributed by atoms with van der Waals surface area (Å²) in [5.74, 6) is 0. The SMILES string of the molecule is Cc1cccc(-c2sc(C3([N+](=O)[O-])CCN(S(=O)(=O)c4ccccc4)CC3)nc2C)c1. The maximum absolute atomic E-state index is 12.9. The van der Waals surface area contributed by atoms with Gasteiger partial charge in [0.1, 0.15) is 0 Å². The van der Waals surface area contributed by atoms with Crippen LogP contribution in [0.15, 0.2) is 59.5 Å². The molecule has 1 saturated heterocycles. The minimum absolute atomic E-state index is 0.0800. The molecule has 3 aromatic rings. The quantitative estimate of drug-likeness (QED) is 0.419. The molecule has 1 aromatic heterocycles. The third-order valence-corrected chi connectivity index (χ3v) is 9.07. The summed E-state index contributed by atoms with van der Waals surface area (Å²) in [6, 6.07) is 16.2. The van der Waals surface area contributed by atoms with Gasteiger partial charge in [-0.25, -0.2) is 13.4 Å². The first-order valence-electron chi connectivity index (χ1n) is 9.99. The molecule has 4 rings (SSSR count). The lowest BCUT2D eigenvalue weighted by molar-refractivity contribution is -0.584. The predicted molar refractivity (Wildman–Crippen MR) is 120 cm³/mol. The topological polar surface area (TPSA) is 93.4 Å². The Morgan fingerprint density at radius 2 is 1.74 bits per heavy atom. The Morgan fingerprint density at radius 3 is 2.35 bits per heavy atom. The fourth-order valence-corrected chi connectivity index (χ4v) is 6.71. The number of hydrogen-bond acceptors (Lipinski definition) is 6. The van der Waals surface area contributed by atoms with Crippen molar-refractivity contribution in [2.75, 3.05) is 13.1 Å². The summed E-state index contributed by atoms with van der Waals surface area (Å²) < 4.78 is 27.2. The molecule has 0 saturated carbocycles. The van der Waals surface area contributed by atoms with Crippen LogP contribution in [-0.2, 0) is 15.6 Å². The average molecular weight is 458 g/mol. The van der Waals surface area contributed by atoms with E-state index in [0.717, 1.165) is 21.7 Å². The Kier molecular flexibility index (Phi) is 5.67. The van der Waals surface area contributed by atoms with Gasteiger partial charge in [0.05, 0.1) is 15.5 Å². The fourth-order valence-electron chi connectivity index (χ4n) is 3.96. The van der Waals surface area contributed by atoms with Crippen molar-refractivity contribution in [3.8, 4) is 10.4 Å². The molecule has 162 valence electrons. The maximum Gasteiger partial charge on any atom is 0.275 e. The highest BCUT2D eigenvalue weighted by molar-refractivity contribution is 7.89. The van der Waals surface area contributed by atoms with Crippen molar-refractivity contribution >= 4 is 21.4 Å². The van der Waals surface area contributed by atoms with E-state index in [-0.39, 0.29) is 35.7 Å². The maximum atomic E-state index is 12.9. The van der Waals surface area contributed by atoms with Crippen LogP contribution >= 0.6 is 11.3 Å². The number of aromatic nitrogens is 1. The Hall–Kier alpha value is -2.62. The van der Waals surface area contributed by atoms with Gasteiger partial charge in [0, 0.05) is 30.9 Å². The van der Waals surface area contributed by atoms with Crippen LogP contribution in [0.25, 0.3) is 10.4 Å². The van der Waals surface area contributed by atoms with Gasteiger partial charge in [-0.05, 0) is 31.5 Å². The number of rotatable bonds is 5. The van der Waals surface area contributed by atoms with E-state index in [9.17, 15) is 18.5 Å². The first kappa shape index (κ1) is 21.6. The summed E-state index contributed by atoms with van der Waals surface area (Å²) in [6.07, 6.45) is 0.179. The molecule has 0 aliphatic carbocycles. The van der Waals surface area contributed by atoms with Crippen LogP contribution in [0.3, 0.4) is 0 Å². The molecule has 0 atom stereocenters. The number of aryl methyl sites for hydroxylation is 2. The van der Waals surface area contributed by atoms with Gasteiger partial charge in [-0.3, -0.25) is 10.1 Å².